The molecule has 170 valence electrons. The predicted molar refractivity (Wildman–Crippen MR) is 111 cm³/mol. The van der Waals surface area contributed by atoms with Gasteiger partial charge in [0, 0.05) is 43.1 Å². The molecule has 32 heavy (non-hydrogen) atoms. The highest BCUT2D eigenvalue weighted by atomic mass is 19.4. The molecule has 0 radical (unpaired) electrons. The Balaban J connectivity index is 1.28. The Hall–Kier alpha value is -2.98. The number of carbonyl (C=O) groups is 2. The molecule has 2 aliphatic rings. The van der Waals surface area contributed by atoms with E-state index in [-0.39, 0.29) is 35.5 Å². The topological polar surface area (TPSA) is 86.4 Å². The van der Waals surface area contributed by atoms with Crippen LogP contribution < -0.4 is 16.2 Å². The van der Waals surface area contributed by atoms with Crippen LogP contribution in [0.5, 0.6) is 0 Å². The summed E-state index contributed by atoms with van der Waals surface area (Å²) in [5.41, 5.74) is 6.49. The molecule has 2 amide bonds. The van der Waals surface area contributed by atoms with E-state index in [0.29, 0.717) is 32.4 Å². The molecular formula is C22H24F3N5O2. The molecule has 2 aliphatic heterocycles. The van der Waals surface area contributed by atoms with Crippen LogP contribution in [0, 0.1) is 5.92 Å². The number of piperidine rings is 1. The largest absolute Gasteiger partial charge is 0.416 e. The van der Waals surface area contributed by atoms with Crippen LogP contribution in [-0.4, -0.2) is 40.8 Å². The fourth-order valence-corrected chi connectivity index (χ4v) is 4.12. The number of hydrogen-bond acceptors (Lipinski definition) is 5. The summed E-state index contributed by atoms with van der Waals surface area (Å²) in [6.07, 6.45) is 0.514. The first kappa shape index (κ1) is 22.2. The molecule has 1 aromatic heterocycles. The van der Waals surface area contributed by atoms with Crippen LogP contribution in [0.15, 0.2) is 48.8 Å². The minimum atomic E-state index is -4.47. The lowest BCUT2D eigenvalue weighted by Gasteiger charge is -2.32. The fourth-order valence-electron chi connectivity index (χ4n) is 4.12. The van der Waals surface area contributed by atoms with E-state index in [2.05, 4.69) is 21.2 Å². The first-order valence-corrected chi connectivity index (χ1v) is 10.5. The molecule has 2 unspecified atom stereocenters. The number of amides is 2. The minimum absolute atomic E-state index is 0.00608. The Morgan fingerprint density at radius 2 is 1.88 bits per heavy atom. The van der Waals surface area contributed by atoms with Crippen molar-refractivity contribution in [2.75, 3.05) is 18.4 Å². The number of hydrazine groups is 1. The summed E-state index contributed by atoms with van der Waals surface area (Å²) in [7, 11) is 0. The summed E-state index contributed by atoms with van der Waals surface area (Å²) in [6, 6.07) is 8.02. The molecule has 7 nitrogen and oxygen atoms in total. The standard InChI is InChI=1S/C22H24F3N5O2/c23-22(24,25)16-4-1-5-17(11-16)27-20(31)14-6-9-30(10-7-14)21(32)19-12-18(28-29-19)15-3-2-8-26-13-15/h1-5,8,11,13-14,18-19,28-29H,6-7,9-10,12H2,(H,27,31). The summed E-state index contributed by atoms with van der Waals surface area (Å²) in [6.45, 7) is 0.852. The first-order valence-electron chi connectivity index (χ1n) is 10.5. The molecule has 2 saturated heterocycles. The van der Waals surface area contributed by atoms with Crippen LogP contribution in [-0.2, 0) is 15.8 Å². The summed E-state index contributed by atoms with van der Waals surface area (Å²) in [4.78, 5) is 31.3. The van der Waals surface area contributed by atoms with Crippen molar-refractivity contribution in [3.05, 3.63) is 59.9 Å². The molecule has 1 aromatic carbocycles. The number of halogens is 3. The Kier molecular flexibility index (Phi) is 6.43. The maximum Gasteiger partial charge on any atom is 0.416 e. The first-order chi connectivity index (χ1) is 15.3. The van der Waals surface area contributed by atoms with Crippen LogP contribution in [0.25, 0.3) is 0 Å². The molecule has 3 heterocycles. The third-order valence-electron chi connectivity index (χ3n) is 5.92. The van der Waals surface area contributed by atoms with E-state index in [1.165, 1.54) is 12.1 Å². The number of anilines is 1. The van der Waals surface area contributed by atoms with Gasteiger partial charge in [-0.05, 0) is 49.1 Å². The summed E-state index contributed by atoms with van der Waals surface area (Å²) < 4.78 is 38.6. The predicted octanol–water partition coefficient (Wildman–Crippen LogP) is 2.89. The second-order valence-electron chi connectivity index (χ2n) is 8.08. The van der Waals surface area contributed by atoms with Crippen molar-refractivity contribution in [1.29, 1.82) is 0 Å². The third kappa shape index (κ3) is 5.08. The fraction of sp³-hybridized carbons (Fsp3) is 0.409. The van der Waals surface area contributed by atoms with Crippen LogP contribution >= 0.6 is 0 Å². The van der Waals surface area contributed by atoms with Gasteiger partial charge in [0.25, 0.3) is 0 Å². The van der Waals surface area contributed by atoms with Gasteiger partial charge in [0.2, 0.25) is 11.8 Å². The van der Waals surface area contributed by atoms with E-state index in [9.17, 15) is 22.8 Å². The van der Waals surface area contributed by atoms with Gasteiger partial charge in [0.05, 0.1) is 5.56 Å². The van der Waals surface area contributed by atoms with Gasteiger partial charge in [0.15, 0.2) is 0 Å². The lowest BCUT2D eigenvalue weighted by atomic mass is 9.94. The van der Waals surface area contributed by atoms with Gasteiger partial charge in [-0.3, -0.25) is 14.6 Å². The molecule has 2 atom stereocenters. The monoisotopic (exact) mass is 447 g/mol. The zero-order valence-corrected chi connectivity index (χ0v) is 17.2. The molecular weight excluding hydrogens is 423 g/mol. The molecule has 2 fully saturated rings. The highest BCUT2D eigenvalue weighted by Crippen LogP contribution is 2.31. The van der Waals surface area contributed by atoms with Gasteiger partial charge in [-0.1, -0.05) is 12.1 Å². The summed E-state index contributed by atoms with van der Waals surface area (Å²) >= 11 is 0. The molecule has 4 rings (SSSR count). The molecule has 0 spiro atoms. The van der Waals surface area contributed by atoms with Crippen molar-refractivity contribution >= 4 is 17.5 Å². The van der Waals surface area contributed by atoms with E-state index in [0.717, 1.165) is 17.7 Å². The number of benzene rings is 1. The molecule has 2 aromatic rings. The van der Waals surface area contributed by atoms with E-state index in [1.807, 2.05) is 12.1 Å². The smallest absolute Gasteiger partial charge is 0.341 e. The van der Waals surface area contributed by atoms with Gasteiger partial charge in [0.1, 0.15) is 6.04 Å². The van der Waals surface area contributed by atoms with E-state index >= 15 is 0 Å². The number of rotatable bonds is 4. The number of nitrogens with one attached hydrogen (secondary N) is 3. The van der Waals surface area contributed by atoms with Gasteiger partial charge in [-0.15, -0.1) is 0 Å². The highest BCUT2D eigenvalue weighted by Gasteiger charge is 2.36. The molecule has 0 saturated carbocycles. The van der Waals surface area contributed by atoms with Crippen molar-refractivity contribution in [1.82, 2.24) is 20.7 Å². The highest BCUT2D eigenvalue weighted by molar-refractivity contribution is 5.93. The average molecular weight is 447 g/mol. The van der Waals surface area contributed by atoms with E-state index in [1.54, 1.807) is 17.3 Å². The number of pyridine rings is 1. The number of likely N-dealkylation sites (tertiary alicyclic amines) is 1. The Labute approximate surface area is 183 Å². The SMILES string of the molecule is O=C(Nc1cccc(C(F)(F)F)c1)C1CCN(C(=O)C2CC(c3cccnc3)NN2)CC1. The van der Waals surface area contributed by atoms with Crippen molar-refractivity contribution in [3.63, 3.8) is 0 Å². The van der Waals surface area contributed by atoms with Crippen molar-refractivity contribution < 1.29 is 22.8 Å². The Bertz CT molecular complexity index is 962. The zero-order valence-electron chi connectivity index (χ0n) is 17.2. The lowest BCUT2D eigenvalue weighted by Crippen LogP contribution is -2.49. The van der Waals surface area contributed by atoms with Crippen LogP contribution in [0.1, 0.15) is 36.4 Å². The number of alkyl halides is 3. The normalized spacial score (nSPS) is 22.0. The van der Waals surface area contributed by atoms with Crippen LogP contribution in [0.3, 0.4) is 0 Å². The number of hydrogen-bond donors (Lipinski definition) is 3. The second kappa shape index (κ2) is 9.25. The Morgan fingerprint density at radius 1 is 1.09 bits per heavy atom. The number of nitrogens with zero attached hydrogens (tertiary/aromatic N) is 2. The maximum absolute atomic E-state index is 12.9. The Morgan fingerprint density at radius 3 is 2.56 bits per heavy atom. The van der Waals surface area contributed by atoms with Gasteiger partial charge in [-0.25, -0.2) is 10.9 Å². The number of aromatic nitrogens is 1. The van der Waals surface area contributed by atoms with Gasteiger partial charge >= 0.3 is 6.18 Å². The molecule has 0 bridgehead atoms. The summed E-state index contributed by atoms with van der Waals surface area (Å²) in [5, 5.41) is 2.58. The van der Waals surface area contributed by atoms with Gasteiger partial charge in [-0.2, -0.15) is 13.2 Å². The van der Waals surface area contributed by atoms with Crippen LogP contribution in [0.4, 0.5) is 18.9 Å². The average Bonchev–Trinajstić information content (AvgIpc) is 3.29. The lowest BCUT2D eigenvalue weighted by molar-refractivity contribution is -0.137. The summed E-state index contributed by atoms with van der Waals surface area (Å²) in [5.74, 6) is -0.708. The van der Waals surface area contributed by atoms with Gasteiger partial charge < -0.3 is 10.2 Å². The van der Waals surface area contributed by atoms with E-state index in [4.69, 9.17) is 0 Å². The van der Waals surface area contributed by atoms with Crippen molar-refractivity contribution in [2.24, 2.45) is 5.92 Å². The van der Waals surface area contributed by atoms with Crippen LogP contribution in [0.2, 0.25) is 0 Å². The molecule has 0 aliphatic carbocycles. The minimum Gasteiger partial charge on any atom is -0.341 e. The molecule has 10 heteroatoms. The number of carbonyl (C=O) groups excluding carboxylic acids is 2. The van der Waals surface area contributed by atoms with E-state index < -0.39 is 11.7 Å². The van der Waals surface area contributed by atoms with Crippen molar-refractivity contribution in [2.45, 2.75) is 37.5 Å². The zero-order chi connectivity index (χ0) is 22.7. The maximum atomic E-state index is 12.9. The van der Waals surface area contributed by atoms with Crippen molar-refractivity contribution in [3.8, 4) is 0 Å². The third-order valence-corrected chi connectivity index (χ3v) is 5.92. The quantitative estimate of drug-likeness (QED) is 0.671. The molecule has 3 N–H and O–H groups in total. The second-order valence-corrected chi connectivity index (χ2v) is 8.08.